The molecule has 1 aliphatic rings. The zero-order chi connectivity index (χ0) is 18.8. The Kier molecular flexibility index (Phi) is 5.69. The van der Waals surface area contributed by atoms with Crippen molar-refractivity contribution in [3.8, 4) is 0 Å². The van der Waals surface area contributed by atoms with E-state index >= 15 is 0 Å². The number of hydrogen-bond donors (Lipinski definition) is 2. The zero-order valence-corrected chi connectivity index (χ0v) is 15.1. The molecule has 1 heterocycles. The molecule has 0 fully saturated rings. The summed E-state index contributed by atoms with van der Waals surface area (Å²) >= 11 is 0. The van der Waals surface area contributed by atoms with Crippen LogP contribution in [-0.2, 0) is 16.0 Å². The van der Waals surface area contributed by atoms with Crippen LogP contribution in [-0.4, -0.2) is 58.6 Å². The highest BCUT2D eigenvalue weighted by Crippen LogP contribution is 2.29. The van der Waals surface area contributed by atoms with Gasteiger partial charge in [-0.1, -0.05) is 18.2 Å². The number of para-hydroxylation sites is 1. The minimum Gasteiger partial charge on any atom is -0.444 e. The number of β-amino-alcohol motifs (C(OH)–C–C–N with tert-alkyl or cyclic N) is 2. The Bertz CT molecular complexity index is 639. The Morgan fingerprint density at radius 2 is 2.00 bits per heavy atom. The van der Waals surface area contributed by atoms with Gasteiger partial charge in [-0.05, 0) is 45.2 Å². The number of nitrogens with zero attached hydrogens (tertiary/aromatic N) is 2. The molecule has 0 saturated heterocycles. The van der Waals surface area contributed by atoms with Gasteiger partial charge < -0.3 is 19.8 Å². The van der Waals surface area contributed by atoms with Gasteiger partial charge in [0.2, 0.25) is 5.91 Å². The first-order chi connectivity index (χ1) is 11.6. The molecule has 2 rings (SSSR count). The van der Waals surface area contributed by atoms with Crippen molar-refractivity contribution in [3.05, 3.63) is 29.8 Å². The molecule has 7 heteroatoms. The molecule has 138 valence electrons. The van der Waals surface area contributed by atoms with E-state index in [0.29, 0.717) is 18.5 Å². The number of ether oxygens (including phenoxy) is 1. The van der Waals surface area contributed by atoms with Gasteiger partial charge in [0.05, 0.1) is 6.54 Å². The van der Waals surface area contributed by atoms with E-state index in [-0.39, 0.29) is 12.5 Å². The van der Waals surface area contributed by atoms with Gasteiger partial charge in [0.1, 0.15) is 11.6 Å². The van der Waals surface area contributed by atoms with Crippen molar-refractivity contribution >= 4 is 17.7 Å². The maximum Gasteiger partial charge on any atom is 0.410 e. The van der Waals surface area contributed by atoms with E-state index in [2.05, 4.69) is 0 Å². The maximum atomic E-state index is 13.0. The highest BCUT2D eigenvalue weighted by molar-refractivity contribution is 6.00. The fourth-order valence-electron chi connectivity index (χ4n) is 2.87. The summed E-state index contributed by atoms with van der Waals surface area (Å²) in [6.07, 6.45) is -1.22. The number of carbonyl (C=O) groups is 2. The number of benzene rings is 1. The molecular weight excluding hydrogens is 324 g/mol. The second-order valence-corrected chi connectivity index (χ2v) is 7.20. The number of aryl methyl sites for hydroxylation is 1. The van der Waals surface area contributed by atoms with Crippen LogP contribution < -0.4 is 4.90 Å². The van der Waals surface area contributed by atoms with Crippen molar-refractivity contribution in [1.82, 2.24) is 4.90 Å². The summed E-state index contributed by atoms with van der Waals surface area (Å²) in [5.74, 6) is -0.355. The van der Waals surface area contributed by atoms with Crippen LogP contribution in [0, 0.1) is 0 Å². The van der Waals surface area contributed by atoms with Gasteiger partial charge in [-0.3, -0.25) is 9.69 Å². The maximum absolute atomic E-state index is 13.0. The Balaban J connectivity index is 2.30. The molecular formula is C18H26N2O5. The topological polar surface area (TPSA) is 90.3 Å². The Morgan fingerprint density at radius 1 is 1.36 bits per heavy atom. The summed E-state index contributed by atoms with van der Waals surface area (Å²) in [4.78, 5) is 28.0. The normalized spacial score (nSPS) is 18.0. The number of amides is 2. The van der Waals surface area contributed by atoms with E-state index in [9.17, 15) is 19.8 Å². The number of fused-ring (bicyclic) bond motifs is 1. The average molecular weight is 350 g/mol. The molecule has 25 heavy (non-hydrogen) atoms. The number of aliphatic hydroxyl groups excluding tert-OH is 1. The van der Waals surface area contributed by atoms with Crippen LogP contribution in [0.1, 0.15) is 32.8 Å². The molecule has 0 saturated carbocycles. The van der Waals surface area contributed by atoms with Gasteiger partial charge >= 0.3 is 6.09 Å². The molecule has 1 aromatic carbocycles. The number of likely N-dealkylation sites (N-methyl/N-ethyl adjacent to an activating group) is 1. The predicted molar refractivity (Wildman–Crippen MR) is 93.1 cm³/mol. The molecule has 7 nitrogen and oxygen atoms in total. The number of rotatable bonds is 3. The number of hydrogen-bond acceptors (Lipinski definition) is 5. The smallest absolute Gasteiger partial charge is 0.410 e. The summed E-state index contributed by atoms with van der Waals surface area (Å²) in [7, 11) is 1.53. The van der Waals surface area contributed by atoms with Crippen molar-refractivity contribution in [1.29, 1.82) is 0 Å². The first-order valence-corrected chi connectivity index (χ1v) is 8.31. The van der Waals surface area contributed by atoms with E-state index in [1.165, 1.54) is 16.8 Å². The van der Waals surface area contributed by atoms with Crippen LogP contribution in [0.2, 0.25) is 0 Å². The number of aliphatic hydroxyl groups is 2. The third-order valence-corrected chi connectivity index (χ3v) is 4.02. The first-order valence-electron chi connectivity index (χ1n) is 8.31. The lowest BCUT2D eigenvalue weighted by Gasteiger charge is -2.32. The summed E-state index contributed by atoms with van der Waals surface area (Å²) in [5, 5.41) is 18.8. The quantitative estimate of drug-likeness (QED) is 0.807. The van der Waals surface area contributed by atoms with Crippen molar-refractivity contribution in [2.45, 2.75) is 51.5 Å². The molecule has 2 amide bonds. The summed E-state index contributed by atoms with van der Waals surface area (Å²) < 4.78 is 5.35. The molecule has 0 aromatic heterocycles. The average Bonchev–Trinajstić information content (AvgIpc) is 2.63. The third kappa shape index (κ3) is 4.70. The number of carbonyl (C=O) groups excluding carboxylic acids is 2. The Hall–Kier alpha value is -2.12. The fourth-order valence-corrected chi connectivity index (χ4v) is 2.87. The SMILES string of the molecule is CN(C(=O)OC(C)(C)C)[C@H]1CCc2ccccc2N(CC(O)O)C1=O. The van der Waals surface area contributed by atoms with E-state index < -0.39 is 24.0 Å². The summed E-state index contributed by atoms with van der Waals surface area (Å²) in [6, 6.07) is 6.59. The van der Waals surface area contributed by atoms with Gasteiger partial charge in [-0.2, -0.15) is 0 Å². The van der Waals surface area contributed by atoms with Crippen molar-refractivity contribution in [3.63, 3.8) is 0 Å². The van der Waals surface area contributed by atoms with Crippen LogP contribution >= 0.6 is 0 Å². The van der Waals surface area contributed by atoms with Gasteiger partial charge in [-0.25, -0.2) is 4.79 Å². The van der Waals surface area contributed by atoms with Crippen molar-refractivity contribution < 1.29 is 24.5 Å². The lowest BCUT2D eigenvalue weighted by molar-refractivity contribution is -0.125. The summed E-state index contributed by atoms with van der Waals surface area (Å²) in [5.41, 5.74) is 0.903. The monoisotopic (exact) mass is 350 g/mol. The minimum absolute atomic E-state index is 0.255. The van der Waals surface area contributed by atoms with Crippen LogP contribution in [0.15, 0.2) is 24.3 Å². The first kappa shape index (κ1) is 19.2. The molecule has 0 bridgehead atoms. The second-order valence-electron chi connectivity index (χ2n) is 7.20. The lowest BCUT2D eigenvalue weighted by Crippen LogP contribution is -2.51. The van der Waals surface area contributed by atoms with Gasteiger partial charge in [0.25, 0.3) is 0 Å². The minimum atomic E-state index is -1.66. The molecule has 0 radical (unpaired) electrons. The molecule has 2 N–H and O–H groups in total. The van der Waals surface area contributed by atoms with Crippen LogP contribution in [0.5, 0.6) is 0 Å². The number of anilines is 1. The summed E-state index contributed by atoms with van der Waals surface area (Å²) in [6.45, 7) is 5.03. The highest BCUT2D eigenvalue weighted by Gasteiger charge is 2.36. The van der Waals surface area contributed by atoms with Crippen molar-refractivity contribution in [2.24, 2.45) is 0 Å². The highest BCUT2D eigenvalue weighted by atomic mass is 16.6. The molecule has 1 aliphatic heterocycles. The van der Waals surface area contributed by atoms with Gasteiger partial charge in [0.15, 0.2) is 6.29 Å². The van der Waals surface area contributed by atoms with Crippen LogP contribution in [0.25, 0.3) is 0 Å². The zero-order valence-electron chi connectivity index (χ0n) is 15.1. The standard InChI is InChI=1S/C18H26N2O5/c1-18(2,3)25-17(24)19(4)14-10-9-12-7-5-6-8-13(12)20(16(14)23)11-15(21)22/h5-8,14-15,21-22H,9-11H2,1-4H3/t14-/m0/s1. The molecule has 0 unspecified atom stereocenters. The Labute approximate surface area is 147 Å². The largest absolute Gasteiger partial charge is 0.444 e. The van der Waals surface area contributed by atoms with E-state index in [0.717, 1.165) is 5.56 Å². The van der Waals surface area contributed by atoms with Crippen molar-refractivity contribution in [2.75, 3.05) is 18.5 Å². The lowest BCUT2D eigenvalue weighted by atomic mass is 10.1. The third-order valence-electron chi connectivity index (χ3n) is 4.02. The van der Waals surface area contributed by atoms with Crippen LogP contribution in [0.4, 0.5) is 10.5 Å². The second kappa shape index (κ2) is 7.41. The van der Waals surface area contributed by atoms with Gasteiger partial charge in [-0.15, -0.1) is 0 Å². The van der Waals surface area contributed by atoms with E-state index in [1.807, 2.05) is 12.1 Å². The van der Waals surface area contributed by atoms with Crippen LogP contribution in [0.3, 0.4) is 0 Å². The fraction of sp³-hybridized carbons (Fsp3) is 0.556. The van der Waals surface area contributed by atoms with E-state index in [4.69, 9.17) is 4.74 Å². The van der Waals surface area contributed by atoms with E-state index in [1.54, 1.807) is 32.9 Å². The molecule has 1 atom stereocenters. The van der Waals surface area contributed by atoms with Gasteiger partial charge in [0, 0.05) is 12.7 Å². The predicted octanol–water partition coefficient (Wildman–Crippen LogP) is 1.51. The molecule has 0 spiro atoms. The molecule has 0 aliphatic carbocycles. The molecule has 1 aromatic rings. The Morgan fingerprint density at radius 3 is 2.60 bits per heavy atom.